The van der Waals surface area contributed by atoms with Crippen LogP contribution in [-0.4, -0.2) is 57.9 Å². The second-order valence-corrected chi connectivity index (χ2v) is 8.24. The SMILES string of the molecule is CCCCCCCCCCCCCC(O)CCCC(O)CC(=O)OC(CO)CO. The average Bonchev–Trinajstić information content (AvgIpc) is 2.70. The average molecular weight is 419 g/mol. The van der Waals surface area contributed by atoms with Gasteiger partial charge in [-0.15, -0.1) is 0 Å². The van der Waals surface area contributed by atoms with Crippen molar-refractivity contribution in [1.82, 2.24) is 0 Å². The Kier molecular flexibility index (Phi) is 20.1. The van der Waals surface area contributed by atoms with Crippen LogP contribution in [0.5, 0.6) is 0 Å². The van der Waals surface area contributed by atoms with Gasteiger partial charge in [-0.05, 0) is 25.7 Å². The fourth-order valence-corrected chi connectivity index (χ4v) is 3.44. The van der Waals surface area contributed by atoms with E-state index in [1.807, 2.05) is 0 Å². The molecule has 0 amide bonds. The van der Waals surface area contributed by atoms with E-state index in [9.17, 15) is 15.0 Å². The maximum atomic E-state index is 11.6. The first kappa shape index (κ1) is 28.3. The van der Waals surface area contributed by atoms with Gasteiger partial charge in [0.25, 0.3) is 0 Å². The van der Waals surface area contributed by atoms with E-state index in [0.29, 0.717) is 19.3 Å². The van der Waals surface area contributed by atoms with Crippen LogP contribution in [-0.2, 0) is 9.53 Å². The maximum absolute atomic E-state index is 11.6. The molecule has 0 aromatic rings. The first-order valence-electron chi connectivity index (χ1n) is 11.8. The van der Waals surface area contributed by atoms with Crippen molar-refractivity contribution in [3.05, 3.63) is 0 Å². The highest BCUT2D eigenvalue weighted by molar-refractivity contribution is 5.70. The summed E-state index contributed by atoms with van der Waals surface area (Å²) in [6.45, 7) is 1.36. The molecule has 0 aliphatic rings. The van der Waals surface area contributed by atoms with Gasteiger partial charge in [-0.1, -0.05) is 77.6 Å². The molecule has 0 rings (SSSR count). The van der Waals surface area contributed by atoms with Crippen molar-refractivity contribution >= 4 is 5.97 Å². The van der Waals surface area contributed by atoms with Crippen LogP contribution in [0.4, 0.5) is 0 Å². The van der Waals surface area contributed by atoms with Gasteiger partial charge in [0.05, 0.1) is 31.8 Å². The molecule has 0 aliphatic heterocycles. The number of hydrogen-bond donors (Lipinski definition) is 4. The zero-order chi connectivity index (χ0) is 21.7. The number of carbonyl (C=O) groups is 1. The molecule has 0 radical (unpaired) electrons. The second-order valence-electron chi connectivity index (χ2n) is 8.24. The van der Waals surface area contributed by atoms with Gasteiger partial charge in [0, 0.05) is 0 Å². The van der Waals surface area contributed by atoms with Crippen LogP contribution >= 0.6 is 0 Å². The van der Waals surface area contributed by atoms with Crippen molar-refractivity contribution in [3.63, 3.8) is 0 Å². The summed E-state index contributed by atoms with van der Waals surface area (Å²) < 4.78 is 4.82. The van der Waals surface area contributed by atoms with Crippen molar-refractivity contribution in [1.29, 1.82) is 0 Å². The molecule has 0 aromatic heterocycles. The number of esters is 1. The summed E-state index contributed by atoms with van der Waals surface area (Å²) in [5.41, 5.74) is 0. The summed E-state index contributed by atoms with van der Waals surface area (Å²) in [4.78, 5) is 11.6. The molecule has 174 valence electrons. The summed E-state index contributed by atoms with van der Waals surface area (Å²) in [5, 5.41) is 37.6. The minimum atomic E-state index is -0.928. The third-order valence-corrected chi connectivity index (χ3v) is 5.32. The van der Waals surface area contributed by atoms with Crippen LogP contribution < -0.4 is 0 Å². The fraction of sp³-hybridized carbons (Fsp3) is 0.957. The van der Waals surface area contributed by atoms with E-state index < -0.39 is 31.4 Å². The standard InChI is InChI=1S/C23H46O6/c1-2-3-4-5-6-7-8-9-10-11-12-14-20(26)15-13-16-21(27)17-23(28)29-22(18-24)19-25/h20-22,24-27H,2-19H2,1H3. The van der Waals surface area contributed by atoms with E-state index in [2.05, 4.69) is 6.92 Å². The van der Waals surface area contributed by atoms with Crippen LogP contribution in [0.25, 0.3) is 0 Å². The molecule has 0 heterocycles. The summed E-state index contributed by atoms with van der Waals surface area (Å²) in [5.74, 6) is -0.632. The van der Waals surface area contributed by atoms with Crippen LogP contribution in [0.1, 0.15) is 110 Å². The molecular weight excluding hydrogens is 372 g/mol. The molecule has 29 heavy (non-hydrogen) atoms. The van der Waals surface area contributed by atoms with Crippen molar-refractivity contribution < 1.29 is 30.0 Å². The van der Waals surface area contributed by atoms with Crippen molar-refractivity contribution in [2.45, 2.75) is 128 Å². The van der Waals surface area contributed by atoms with Gasteiger partial charge in [0.15, 0.2) is 0 Å². The van der Waals surface area contributed by atoms with Gasteiger partial charge in [0.2, 0.25) is 0 Å². The molecule has 0 fully saturated rings. The quantitative estimate of drug-likeness (QED) is 0.166. The highest BCUT2D eigenvalue weighted by Crippen LogP contribution is 2.15. The van der Waals surface area contributed by atoms with Crippen LogP contribution in [0.2, 0.25) is 0 Å². The molecule has 4 N–H and O–H groups in total. The number of ether oxygens (including phenoxy) is 1. The van der Waals surface area contributed by atoms with E-state index in [1.54, 1.807) is 0 Å². The Morgan fingerprint density at radius 2 is 1.14 bits per heavy atom. The van der Waals surface area contributed by atoms with Gasteiger partial charge in [-0.3, -0.25) is 4.79 Å². The zero-order valence-corrected chi connectivity index (χ0v) is 18.6. The Hall–Kier alpha value is -0.690. The van der Waals surface area contributed by atoms with Crippen LogP contribution in [0.3, 0.4) is 0 Å². The molecule has 2 atom stereocenters. The molecule has 2 unspecified atom stereocenters. The monoisotopic (exact) mass is 418 g/mol. The summed E-state index contributed by atoms with van der Waals surface area (Å²) in [6.07, 6.45) is 14.4. The molecule has 6 heteroatoms. The lowest BCUT2D eigenvalue weighted by Gasteiger charge is -2.15. The first-order valence-corrected chi connectivity index (χ1v) is 11.8. The van der Waals surface area contributed by atoms with Gasteiger partial charge in [-0.2, -0.15) is 0 Å². The second kappa shape index (κ2) is 20.6. The largest absolute Gasteiger partial charge is 0.457 e. The molecule has 0 saturated carbocycles. The lowest BCUT2D eigenvalue weighted by atomic mass is 10.0. The van der Waals surface area contributed by atoms with Crippen LogP contribution in [0.15, 0.2) is 0 Å². The Morgan fingerprint density at radius 1 is 0.690 bits per heavy atom. The minimum absolute atomic E-state index is 0.162. The highest BCUT2D eigenvalue weighted by Gasteiger charge is 2.17. The maximum Gasteiger partial charge on any atom is 0.308 e. The topological polar surface area (TPSA) is 107 Å². The molecule has 0 bridgehead atoms. The van der Waals surface area contributed by atoms with E-state index in [1.165, 1.54) is 57.8 Å². The van der Waals surface area contributed by atoms with Gasteiger partial charge < -0.3 is 25.2 Å². The summed E-state index contributed by atoms with van der Waals surface area (Å²) >= 11 is 0. The number of rotatable bonds is 21. The van der Waals surface area contributed by atoms with E-state index in [0.717, 1.165) is 19.3 Å². The van der Waals surface area contributed by atoms with Gasteiger partial charge in [0.1, 0.15) is 6.10 Å². The van der Waals surface area contributed by atoms with Crippen LogP contribution in [0, 0.1) is 0 Å². The predicted octanol–water partition coefficient (Wildman–Crippen LogP) is 3.87. The molecule has 0 spiro atoms. The normalized spacial score (nSPS) is 13.6. The molecule has 0 aromatic carbocycles. The molecule has 0 aliphatic carbocycles. The lowest BCUT2D eigenvalue weighted by Crippen LogP contribution is -2.27. The van der Waals surface area contributed by atoms with Crippen molar-refractivity contribution in [3.8, 4) is 0 Å². The third kappa shape index (κ3) is 19.0. The van der Waals surface area contributed by atoms with Gasteiger partial charge in [-0.25, -0.2) is 0 Å². The Bertz CT molecular complexity index is 359. The fourth-order valence-electron chi connectivity index (χ4n) is 3.44. The predicted molar refractivity (Wildman–Crippen MR) is 116 cm³/mol. The number of hydrogen-bond acceptors (Lipinski definition) is 6. The molecule has 6 nitrogen and oxygen atoms in total. The molecular formula is C23H46O6. The first-order chi connectivity index (χ1) is 14.0. The number of aliphatic hydroxyl groups excluding tert-OH is 4. The Morgan fingerprint density at radius 3 is 1.66 bits per heavy atom. The summed E-state index contributed by atoms with van der Waals surface area (Å²) in [7, 11) is 0. The summed E-state index contributed by atoms with van der Waals surface area (Å²) in [6, 6.07) is 0. The minimum Gasteiger partial charge on any atom is -0.457 e. The van der Waals surface area contributed by atoms with E-state index >= 15 is 0 Å². The number of aliphatic hydroxyl groups is 4. The smallest absolute Gasteiger partial charge is 0.308 e. The zero-order valence-electron chi connectivity index (χ0n) is 18.6. The third-order valence-electron chi connectivity index (χ3n) is 5.32. The highest BCUT2D eigenvalue weighted by atomic mass is 16.6. The Balaban J connectivity index is 3.49. The lowest BCUT2D eigenvalue weighted by molar-refractivity contribution is -0.155. The van der Waals surface area contributed by atoms with Gasteiger partial charge >= 0.3 is 5.97 Å². The van der Waals surface area contributed by atoms with Crippen molar-refractivity contribution in [2.24, 2.45) is 0 Å². The number of carbonyl (C=O) groups excluding carboxylic acids is 1. The Labute approximate surface area is 177 Å². The van der Waals surface area contributed by atoms with E-state index in [-0.39, 0.29) is 12.5 Å². The van der Waals surface area contributed by atoms with Crippen molar-refractivity contribution in [2.75, 3.05) is 13.2 Å². The molecule has 0 saturated heterocycles. The number of unbranched alkanes of at least 4 members (excludes halogenated alkanes) is 10. The van der Waals surface area contributed by atoms with E-state index in [4.69, 9.17) is 14.9 Å².